The third-order valence-electron chi connectivity index (χ3n) is 6.35. The number of aromatic nitrogens is 1. The summed E-state index contributed by atoms with van der Waals surface area (Å²) < 4.78 is 0. The van der Waals surface area contributed by atoms with Gasteiger partial charge in [0.25, 0.3) is 5.91 Å². The molecule has 0 bridgehead atoms. The van der Waals surface area contributed by atoms with Gasteiger partial charge < -0.3 is 9.80 Å². The van der Waals surface area contributed by atoms with Crippen LogP contribution in [0.25, 0.3) is 0 Å². The lowest BCUT2D eigenvalue weighted by atomic mass is 9.93. The van der Waals surface area contributed by atoms with Crippen molar-refractivity contribution >= 4 is 23.2 Å². The average molecular weight is 426 g/mol. The maximum atomic E-state index is 13.1. The number of unbranched alkanes of at least 4 members (excludes halogenated alkanes) is 1. The van der Waals surface area contributed by atoms with E-state index < -0.39 is 0 Å². The largest absolute Gasteiger partial charge is 0.338 e. The minimum atomic E-state index is 0.0296. The fraction of sp³-hybridized carbons (Fsp3) is 0.542. The molecule has 0 spiro atoms. The van der Waals surface area contributed by atoms with E-state index in [0.717, 1.165) is 67.2 Å². The molecule has 1 saturated heterocycles. The summed E-state index contributed by atoms with van der Waals surface area (Å²) in [6.45, 7) is 6.93. The summed E-state index contributed by atoms with van der Waals surface area (Å²) in [5.74, 6) is 0.375. The Labute approximate surface area is 183 Å². The number of rotatable bonds is 5. The number of likely N-dealkylation sites (tertiary alicyclic amines) is 1. The fourth-order valence-corrected chi connectivity index (χ4v) is 5.58. The predicted octanol–water partition coefficient (Wildman–Crippen LogP) is 4.23. The Morgan fingerprint density at radius 1 is 1.10 bits per heavy atom. The summed E-state index contributed by atoms with van der Waals surface area (Å²) in [4.78, 5) is 35.4. The molecule has 0 radical (unpaired) electrons. The molecule has 0 saturated carbocycles. The molecule has 160 valence electrons. The number of carbonyl (C=O) groups is 2. The molecule has 6 heteroatoms. The molecule has 0 atom stereocenters. The van der Waals surface area contributed by atoms with Gasteiger partial charge >= 0.3 is 0 Å². The quantitative estimate of drug-likeness (QED) is 0.720. The van der Waals surface area contributed by atoms with E-state index >= 15 is 0 Å². The van der Waals surface area contributed by atoms with E-state index in [4.69, 9.17) is 0 Å². The zero-order valence-corrected chi connectivity index (χ0v) is 18.8. The van der Waals surface area contributed by atoms with Crippen LogP contribution in [0.5, 0.6) is 0 Å². The summed E-state index contributed by atoms with van der Waals surface area (Å²) in [6.07, 6.45) is 5.63. The molecule has 3 heterocycles. The molecule has 5 nitrogen and oxygen atoms in total. The molecule has 2 aromatic rings. The lowest BCUT2D eigenvalue weighted by Crippen LogP contribution is -2.45. The number of fused-ring (bicyclic) bond motifs is 1. The number of hydrogen-bond donors (Lipinski definition) is 0. The predicted molar refractivity (Wildman–Crippen MR) is 120 cm³/mol. The molecule has 2 aliphatic rings. The van der Waals surface area contributed by atoms with Gasteiger partial charge in [0.2, 0.25) is 5.91 Å². The van der Waals surface area contributed by atoms with Gasteiger partial charge in [-0.2, -0.15) is 0 Å². The molecule has 0 aliphatic carbocycles. The van der Waals surface area contributed by atoms with Crippen molar-refractivity contribution in [3.8, 4) is 0 Å². The number of aryl methyl sites for hydroxylation is 2. The van der Waals surface area contributed by atoms with Crippen LogP contribution in [-0.2, 0) is 24.2 Å². The van der Waals surface area contributed by atoms with Gasteiger partial charge in [0.15, 0.2) is 0 Å². The van der Waals surface area contributed by atoms with Crippen LogP contribution in [-0.4, -0.2) is 46.2 Å². The van der Waals surface area contributed by atoms with Gasteiger partial charge in [0.05, 0.1) is 10.7 Å². The van der Waals surface area contributed by atoms with Gasteiger partial charge in [0.1, 0.15) is 4.88 Å². The molecule has 1 aromatic heterocycles. The third-order valence-corrected chi connectivity index (χ3v) is 7.56. The van der Waals surface area contributed by atoms with E-state index in [9.17, 15) is 9.59 Å². The van der Waals surface area contributed by atoms with Crippen molar-refractivity contribution < 1.29 is 9.59 Å². The van der Waals surface area contributed by atoms with E-state index in [-0.39, 0.29) is 17.7 Å². The van der Waals surface area contributed by atoms with E-state index in [0.29, 0.717) is 13.1 Å². The Morgan fingerprint density at radius 2 is 1.83 bits per heavy atom. The zero-order chi connectivity index (χ0) is 21.1. The first-order chi connectivity index (χ1) is 14.6. The molecular weight excluding hydrogens is 394 g/mol. The molecule has 30 heavy (non-hydrogen) atoms. The molecule has 1 aromatic carbocycles. The van der Waals surface area contributed by atoms with Gasteiger partial charge in [-0.25, -0.2) is 4.98 Å². The van der Waals surface area contributed by atoms with Gasteiger partial charge in [-0.1, -0.05) is 37.6 Å². The number of thiazole rings is 1. The lowest BCUT2D eigenvalue weighted by molar-refractivity contribution is -0.137. The van der Waals surface area contributed by atoms with Gasteiger partial charge in [-0.3, -0.25) is 9.59 Å². The fourth-order valence-electron chi connectivity index (χ4n) is 4.50. The van der Waals surface area contributed by atoms with Crippen molar-refractivity contribution in [2.75, 3.05) is 19.6 Å². The monoisotopic (exact) mass is 425 g/mol. The maximum absolute atomic E-state index is 13.1. The number of amides is 2. The third kappa shape index (κ3) is 4.43. The van der Waals surface area contributed by atoms with E-state index in [2.05, 4.69) is 30.1 Å². The molecule has 0 N–H and O–H groups in total. The highest BCUT2D eigenvalue weighted by Crippen LogP contribution is 2.27. The Hall–Kier alpha value is -2.21. The van der Waals surface area contributed by atoms with Crippen molar-refractivity contribution in [3.63, 3.8) is 0 Å². The minimum absolute atomic E-state index is 0.0296. The molecule has 0 unspecified atom stereocenters. The molecule has 2 aliphatic heterocycles. The van der Waals surface area contributed by atoms with E-state index in [1.165, 1.54) is 11.1 Å². The molecule has 2 amide bonds. The van der Waals surface area contributed by atoms with Gasteiger partial charge in [-0.15, -0.1) is 11.3 Å². The van der Waals surface area contributed by atoms with Crippen LogP contribution in [0, 0.1) is 12.8 Å². The highest BCUT2D eigenvalue weighted by atomic mass is 32.1. The van der Waals surface area contributed by atoms with E-state index in [1.54, 1.807) is 11.3 Å². The summed E-state index contributed by atoms with van der Waals surface area (Å²) >= 11 is 1.55. The molecule has 4 rings (SSSR count). The SMILES string of the molecule is CCCCc1nc(C)c(C(=O)N2CCC(C(=O)N3CCc4ccccc4C3)CC2)s1. The van der Waals surface area contributed by atoms with Crippen LogP contribution in [0.4, 0.5) is 0 Å². The summed E-state index contributed by atoms with van der Waals surface area (Å²) in [5, 5.41) is 1.06. The standard InChI is InChI=1S/C24H31N3O2S/c1-3-4-9-21-25-17(2)22(30-21)24(29)26-13-11-19(12-14-26)23(28)27-15-10-18-7-5-6-8-20(18)16-27/h5-8,19H,3-4,9-16H2,1-2H3. The van der Waals surface area contributed by atoms with E-state index in [1.807, 2.05) is 22.8 Å². The van der Waals surface area contributed by atoms with Crippen LogP contribution >= 0.6 is 11.3 Å². The first-order valence-electron chi connectivity index (χ1n) is 11.2. The van der Waals surface area contributed by atoms with Gasteiger partial charge in [0, 0.05) is 32.1 Å². The first-order valence-corrected chi connectivity index (χ1v) is 12.0. The maximum Gasteiger partial charge on any atom is 0.265 e. The van der Waals surface area contributed by atoms with Crippen molar-refractivity contribution in [1.29, 1.82) is 0 Å². The number of benzene rings is 1. The Kier molecular flexibility index (Phi) is 6.52. The summed E-state index contributed by atoms with van der Waals surface area (Å²) in [5.41, 5.74) is 3.48. The second-order valence-electron chi connectivity index (χ2n) is 8.47. The van der Waals surface area contributed by atoms with Crippen LogP contribution in [0.2, 0.25) is 0 Å². The van der Waals surface area contributed by atoms with Crippen LogP contribution in [0.15, 0.2) is 24.3 Å². The molecular formula is C24H31N3O2S. The summed E-state index contributed by atoms with van der Waals surface area (Å²) in [6, 6.07) is 8.41. The number of carbonyl (C=O) groups excluding carboxylic acids is 2. The zero-order valence-electron chi connectivity index (χ0n) is 18.0. The number of hydrogen-bond acceptors (Lipinski definition) is 4. The van der Waals surface area contributed by atoms with Crippen molar-refractivity contribution in [1.82, 2.24) is 14.8 Å². The topological polar surface area (TPSA) is 53.5 Å². The Balaban J connectivity index is 1.33. The number of piperidine rings is 1. The Bertz CT molecular complexity index is 915. The highest BCUT2D eigenvalue weighted by molar-refractivity contribution is 7.13. The average Bonchev–Trinajstić information content (AvgIpc) is 3.16. The number of nitrogens with zero attached hydrogens (tertiary/aromatic N) is 3. The normalized spacial score (nSPS) is 17.1. The van der Waals surface area contributed by atoms with Crippen LogP contribution in [0.1, 0.15) is 64.1 Å². The highest BCUT2D eigenvalue weighted by Gasteiger charge is 2.32. The minimum Gasteiger partial charge on any atom is -0.338 e. The van der Waals surface area contributed by atoms with Crippen LogP contribution in [0.3, 0.4) is 0 Å². The van der Waals surface area contributed by atoms with Crippen molar-refractivity contribution in [2.24, 2.45) is 5.92 Å². The lowest BCUT2D eigenvalue weighted by Gasteiger charge is -2.36. The molecule has 1 fully saturated rings. The van der Waals surface area contributed by atoms with Crippen molar-refractivity contribution in [3.05, 3.63) is 51.0 Å². The van der Waals surface area contributed by atoms with Crippen LogP contribution < -0.4 is 0 Å². The summed E-state index contributed by atoms with van der Waals surface area (Å²) in [7, 11) is 0. The van der Waals surface area contributed by atoms with Crippen molar-refractivity contribution in [2.45, 2.75) is 58.9 Å². The second-order valence-corrected chi connectivity index (χ2v) is 9.55. The first kappa shape index (κ1) is 21.0. The second kappa shape index (κ2) is 9.29. The Morgan fingerprint density at radius 3 is 2.57 bits per heavy atom. The smallest absolute Gasteiger partial charge is 0.265 e. The van der Waals surface area contributed by atoms with Gasteiger partial charge in [-0.05, 0) is 50.2 Å².